The Labute approximate surface area is 56.1 Å². The Kier molecular flexibility index (Phi) is 1.74. The quantitative estimate of drug-likeness (QED) is 0.613. The third-order valence-corrected chi connectivity index (χ3v) is 1.15. The molecule has 0 fully saturated rings. The van der Waals surface area contributed by atoms with Crippen LogP contribution in [0.1, 0.15) is 6.92 Å². The maximum Gasteiger partial charge on any atom is 0.223 e. The third-order valence-electron chi connectivity index (χ3n) is 0.607. The number of aromatic nitrogens is 2. The first-order chi connectivity index (χ1) is 4.29. The van der Waals surface area contributed by atoms with Crippen LogP contribution in [-0.2, 0) is 4.79 Å². The standard InChI is InChI=1S/C4H4N3OS/c1-3(8)7-4-5-2-6-9-4/h1H3,(H,5,6,7,8). The van der Waals surface area contributed by atoms with Gasteiger partial charge < -0.3 is 5.32 Å². The van der Waals surface area contributed by atoms with Crippen LogP contribution in [0, 0.1) is 6.33 Å². The van der Waals surface area contributed by atoms with Gasteiger partial charge in [0.1, 0.15) is 0 Å². The molecular weight excluding hydrogens is 138 g/mol. The summed E-state index contributed by atoms with van der Waals surface area (Å²) in [4.78, 5) is 13.9. The molecule has 1 heterocycles. The van der Waals surface area contributed by atoms with Crippen LogP contribution in [0.25, 0.3) is 0 Å². The van der Waals surface area contributed by atoms with E-state index in [4.69, 9.17) is 0 Å². The summed E-state index contributed by atoms with van der Waals surface area (Å²) in [7, 11) is 0. The fourth-order valence-electron chi connectivity index (χ4n) is 0.351. The molecular formula is C4H4N3OS. The van der Waals surface area contributed by atoms with E-state index in [2.05, 4.69) is 21.0 Å². The molecule has 0 saturated heterocycles. The normalized spacial score (nSPS) is 9.00. The maximum atomic E-state index is 10.3. The van der Waals surface area contributed by atoms with Crippen LogP contribution < -0.4 is 5.32 Å². The minimum Gasteiger partial charge on any atom is -0.301 e. The smallest absolute Gasteiger partial charge is 0.223 e. The first kappa shape index (κ1) is 6.15. The van der Waals surface area contributed by atoms with Gasteiger partial charge in [-0.15, -0.1) is 0 Å². The highest BCUT2D eigenvalue weighted by Gasteiger charge is 1.95. The van der Waals surface area contributed by atoms with Crippen LogP contribution in [-0.4, -0.2) is 15.3 Å². The molecule has 1 amide bonds. The number of nitrogens with zero attached hydrogens (tertiary/aromatic N) is 2. The largest absolute Gasteiger partial charge is 0.301 e. The number of hydrogen-bond acceptors (Lipinski definition) is 4. The number of carbonyl (C=O) groups excluding carboxylic acids is 1. The van der Waals surface area contributed by atoms with E-state index in [1.807, 2.05) is 0 Å². The van der Waals surface area contributed by atoms with E-state index in [0.717, 1.165) is 11.5 Å². The molecule has 0 aliphatic heterocycles. The van der Waals surface area contributed by atoms with Crippen molar-refractivity contribution in [2.24, 2.45) is 0 Å². The molecule has 0 saturated carbocycles. The van der Waals surface area contributed by atoms with Crippen molar-refractivity contribution in [1.29, 1.82) is 0 Å². The Bertz CT molecular complexity index is 196. The predicted octanol–water partition coefficient (Wildman–Crippen LogP) is 0.297. The molecule has 4 nitrogen and oxygen atoms in total. The van der Waals surface area contributed by atoms with E-state index in [1.54, 1.807) is 0 Å². The summed E-state index contributed by atoms with van der Waals surface area (Å²) in [6, 6.07) is 0. The lowest BCUT2D eigenvalue weighted by Gasteiger charge is -1.89. The van der Waals surface area contributed by atoms with E-state index < -0.39 is 0 Å². The summed E-state index contributed by atoms with van der Waals surface area (Å²) in [5.41, 5.74) is 0. The van der Waals surface area contributed by atoms with Gasteiger partial charge in [-0.05, 0) is 0 Å². The molecule has 1 aromatic heterocycles. The van der Waals surface area contributed by atoms with E-state index in [-0.39, 0.29) is 5.91 Å². The van der Waals surface area contributed by atoms with Crippen LogP contribution in [0.2, 0.25) is 0 Å². The molecule has 0 aromatic carbocycles. The van der Waals surface area contributed by atoms with E-state index in [1.165, 1.54) is 6.92 Å². The first-order valence-corrected chi connectivity index (χ1v) is 3.04. The number of anilines is 1. The Morgan fingerprint density at radius 3 is 3.11 bits per heavy atom. The lowest BCUT2D eigenvalue weighted by atomic mass is 10.7. The zero-order chi connectivity index (χ0) is 6.69. The van der Waals surface area contributed by atoms with E-state index >= 15 is 0 Å². The van der Waals surface area contributed by atoms with Gasteiger partial charge in [0, 0.05) is 18.5 Å². The number of amides is 1. The number of hydrogen-bond donors (Lipinski definition) is 1. The molecule has 1 aromatic rings. The van der Waals surface area contributed by atoms with Crippen LogP contribution in [0.4, 0.5) is 5.13 Å². The highest BCUT2D eigenvalue weighted by atomic mass is 32.1. The van der Waals surface area contributed by atoms with Crippen molar-refractivity contribution in [3.63, 3.8) is 0 Å². The van der Waals surface area contributed by atoms with Crippen LogP contribution in [0.5, 0.6) is 0 Å². The number of carbonyl (C=O) groups is 1. The Balaban J connectivity index is 2.58. The van der Waals surface area contributed by atoms with Crippen molar-refractivity contribution >= 4 is 22.6 Å². The summed E-state index contributed by atoms with van der Waals surface area (Å²) < 4.78 is 3.57. The average molecular weight is 142 g/mol. The molecule has 1 rings (SSSR count). The van der Waals surface area contributed by atoms with Crippen LogP contribution >= 0.6 is 11.5 Å². The topological polar surface area (TPSA) is 54.9 Å². The first-order valence-electron chi connectivity index (χ1n) is 2.26. The fourth-order valence-corrected chi connectivity index (χ4v) is 0.790. The Morgan fingerprint density at radius 2 is 2.67 bits per heavy atom. The summed E-state index contributed by atoms with van der Waals surface area (Å²) >= 11 is 1.10. The van der Waals surface area contributed by atoms with Gasteiger partial charge in [0.05, 0.1) is 0 Å². The van der Waals surface area contributed by atoms with Crippen molar-refractivity contribution in [2.45, 2.75) is 6.92 Å². The summed E-state index contributed by atoms with van der Waals surface area (Å²) in [5.74, 6) is -0.139. The van der Waals surface area contributed by atoms with Crippen molar-refractivity contribution in [3.8, 4) is 0 Å². The summed E-state index contributed by atoms with van der Waals surface area (Å²) in [5, 5.41) is 2.95. The van der Waals surface area contributed by atoms with Gasteiger partial charge in [-0.25, -0.2) is 0 Å². The van der Waals surface area contributed by atoms with E-state index in [0.29, 0.717) is 5.13 Å². The molecule has 9 heavy (non-hydrogen) atoms. The van der Waals surface area contributed by atoms with Gasteiger partial charge in [0.15, 0.2) is 0 Å². The van der Waals surface area contributed by atoms with Crippen molar-refractivity contribution < 1.29 is 4.79 Å². The Morgan fingerprint density at radius 1 is 1.89 bits per heavy atom. The Hall–Kier alpha value is -0.970. The van der Waals surface area contributed by atoms with Crippen LogP contribution in [0.15, 0.2) is 0 Å². The third kappa shape index (κ3) is 1.77. The summed E-state index contributed by atoms with van der Waals surface area (Å²) in [6.45, 7) is 1.42. The molecule has 0 bridgehead atoms. The predicted molar refractivity (Wildman–Crippen MR) is 33.0 cm³/mol. The van der Waals surface area contributed by atoms with Gasteiger partial charge in [0.25, 0.3) is 0 Å². The molecule has 0 atom stereocenters. The second kappa shape index (κ2) is 2.54. The molecule has 0 spiro atoms. The molecule has 0 aliphatic rings. The van der Waals surface area contributed by atoms with Crippen molar-refractivity contribution in [3.05, 3.63) is 6.33 Å². The molecule has 0 unspecified atom stereocenters. The van der Waals surface area contributed by atoms with E-state index in [9.17, 15) is 4.79 Å². The number of nitrogens with one attached hydrogen (secondary N) is 1. The average Bonchev–Trinajstić information content (AvgIpc) is 2.15. The van der Waals surface area contributed by atoms with Crippen molar-refractivity contribution in [2.75, 3.05) is 5.32 Å². The second-order valence-electron chi connectivity index (χ2n) is 1.38. The molecule has 1 N–H and O–H groups in total. The lowest BCUT2D eigenvalue weighted by Crippen LogP contribution is -2.04. The fraction of sp³-hybridized carbons (Fsp3) is 0.250. The molecule has 5 heteroatoms. The van der Waals surface area contributed by atoms with Gasteiger partial charge in [-0.1, -0.05) is 0 Å². The van der Waals surface area contributed by atoms with Gasteiger partial charge in [-0.3, -0.25) is 4.79 Å². The van der Waals surface area contributed by atoms with Gasteiger partial charge >= 0.3 is 0 Å². The minimum absolute atomic E-state index is 0.139. The van der Waals surface area contributed by atoms with Gasteiger partial charge in [-0.2, -0.15) is 9.36 Å². The number of rotatable bonds is 1. The SMILES string of the molecule is CC(=O)Nc1n[c]ns1. The highest BCUT2D eigenvalue weighted by molar-refractivity contribution is 7.09. The zero-order valence-electron chi connectivity index (χ0n) is 4.71. The monoisotopic (exact) mass is 142 g/mol. The zero-order valence-corrected chi connectivity index (χ0v) is 5.53. The van der Waals surface area contributed by atoms with Crippen LogP contribution in [0.3, 0.4) is 0 Å². The molecule has 0 aliphatic carbocycles. The molecule has 47 valence electrons. The van der Waals surface area contributed by atoms with Crippen molar-refractivity contribution in [1.82, 2.24) is 9.36 Å². The second-order valence-corrected chi connectivity index (χ2v) is 2.13. The maximum absolute atomic E-state index is 10.3. The van der Waals surface area contributed by atoms with Gasteiger partial charge in [0.2, 0.25) is 17.4 Å². The summed E-state index contributed by atoms with van der Waals surface area (Å²) in [6.07, 6.45) is 2.34. The lowest BCUT2D eigenvalue weighted by molar-refractivity contribution is -0.114. The highest BCUT2D eigenvalue weighted by Crippen LogP contribution is 2.04. The molecule has 1 radical (unpaired) electrons. The minimum atomic E-state index is -0.139.